The predicted octanol–water partition coefficient (Wildman–Crippen LogP) is 1.99. The summed E-state index contributed by atoms with van der Waals surface area (Å²) in [5.41, 5.74) is 8.14. The average molecular weight is 248 g/mol. The molecule has 0 saturated carbocycles. The van der Waals surface area contributed by atoms with Crippen LogP contribution >= 0.6 is 11.6 Å². The number of anilines is 1. The zero-order chi connectivity index (χ0) is 12.6. The first-order valence-corrected chi connectivity index (χ1v) is 5.30. The molecule has 2 aromatic heterocycles. The summed E-state index contributed by atoms with van der Waals surface area (Å²) < 4.78 is 1.58. The van der Waals surface area contributed by atoms with E-state index in [1.54, 1.807) is 10.7 Å². The molecule has 2 N–H and O–H groups in total. The Kier molecular flexibility index (Phi) is 2.74. The van der Waals surface area contributed by atoms with Crippen LogP contribution in [0.25, 0.3) is 5.82 Å². The molecule has 0 bridgehead atoms. The number of hydrogen-bond donors (Lipinski definition) is 1. The Balaban J connectivity index is 2.62. The van der Waals surface area contributed by atoms with Crippen molar-refractivity contribution < 1.29 is 0 Å². The lowest BCUT2D eigenvalue weighted by molar-refractivity contribution is 0.808. The molecule has 2 heterocycles. The molecule has 0 atom stereocenters. The van der Waals surface area contributed by atoms with Gasteiger partial charge in [-0.3, -0.25) is 0 Å². The molecule has 0 aliphatic rings. The second-order valence-corrected chi connectivity index (χ2v) is 4.02. The van der Waals surface area contributed by atoms with Crippen LogP contribution in [0.5, 0.6) is 0 Å². The van der Waals surface area contributed by atoms with Crippen LogP contribution in [0.15, 0.2) is 12.3 Å². The molecule has 0 saturated heterocycles. The van der Waals surface area contributed by atoms with Crippen molar-refractivity contribution in [3.63, 3.8) is 0 Å². The first-order valence-electron chi connectivity index (χ1n) is 4.92. The van der Waals surface area contributed by atoms with Crippen LogP contribution in [0.3, 0.4) is 0 Å². The number of aryl methyl sites for hydroxylation is 1. The molecule has 0 unspecified atom stereocenters. The summed E-state index contributed by atoms with van der Waals surface area (Å²) >= 11 is 6.05. The molecule has 0 fully saturated rings. The van der Waals surface area contributed by atoms with E-state index >= 15 is 0 Å². The molecule has 0 radical (unpaired) electrons. The van der Waals surface area contributed by atoms with Gasteiger partial charge in [-0.25, -0.2) is 9.67 Å². The van der Waals surface area contributed by atoms with E-state index in [1.807, 2.05) is 19.9 Å². The summed E-state index contributed by atoms with van der Waals surface area (Å²) in [4.78, 5) is 4.13. The van der Waals surface area contributed by atoms with Crippen LogP contribution in [0.4, 0.5) is 5.69 Å². The van der Waals surface area contributed by atoms with Gasteiger partial charge < -0.3 is 5.73 Å². The number of nitrogen functional groups attached to an aromatic ring is 1. The molecule has 5 nitrogen and oxygen atoms in total. The molecule has 0 aromatic carbocycles. The van der Waals surface area contributed by atoms with Gasteiger partial charge in [-0.2, -0.15) is 10.4 Å². The fourth-order valence-corrected chi connectivity index (χ4v) is 1.66. The third-order valence-electron chi connectivity index (χ3n) is 2.43. The Labute approximate surface area is 103 Å². The van der Waals surface area contributed by atoms with E-state index in [2.05, 4.69) is 10.1 Å². The van der Waals surface area contributed by atoms with Crippen LogP contribution in [-0.2, 0) is 0 Å². The lowest BCUT2D eigenvalue weighted by atomic mass is 10.3. The standard InChI is InChI=1S/C11H10ClN5/c1-6-10(12)7(2)17(16-6)11-9(14)3-8(4-13)5-15-11/h3,5H,14H2,1-2H3. The monoisotopic (exact) mass is 247 g/mol. The fraction of sp³-hybridized carbons (Fsp3) is 0.182. The topological polar surface area (TPSA) is 80.5 Å². The van der Waals surface area contributed by atoms with Crippen LogP contribution in [0.2, 0.25) is 5.02 Å². The van der Waals surface area contributed by atoms with E-state index in [9.17, 15) is 0 Å². The van der Waals surface area contributed by atoms with E-state index in [0.717, 1.165) is 11.4 Å². The van der Waals surface area contributed by atoms with Gasteiger partial charge >= 0.3 is 0 Å². The van der Waals surface area contributed by atoms with Crippen LogP contribution < -0.4 is 5.73 Å². The number of hydrogen-bond acceptors (Lipinski definition) is 4. The fourth-order valence-electron chi connectivity index (χ4n) is 1.54. The summed E-state index contributed by atoms with van der Waals surface area (Å²) in [6, 6.07) is 3.54. The molecule has 2 aromatic rings. The van der Waals surface area contributed by atoms with E-state index in [0.29, 0.717) is 22.1 Å². The summed E-state index contributed by atoms with van der Waals surface area (Å²) in [6.07, 6.45) is 1.45. The Morgan fingerprint density at radius 2 is 2.18 bits per heavy atom. The predicted molar refractivity (Wildman–Crippen MR) is 65.0 cm³/mol. The second kappa shape index (κ2) is 4.07. The van der Waals surface area contributed by atoms with Gasteiger partial charge in [0.15, 0.2) is 5.82 Å². The number of nitriles is 1. The molecule has 17 heavy (non-hydrogen) atoms. The first-order chi connectivity index (χ1) is 8.04. The van der Waals surface area contributed by atoms with Crippen molar-refractivity contribution in [1.82, 2.24) is 14.8 Å². The molecule has 0 aliphatic carbocycles. The quantitative estimate of drug-likeness (QED) is 0.836. The van der Waals surface area contributed by atoms with Gasteiger partial charge in [0.2, 0.25) is 0 Å². The molecule has 6 heteroatoms. The Hall–Kier alpha value is -2.06. The maximum Gasteiger partial charge on any atom is 0.176 e. The minimum absolute atomic E-state index is 0.395. The van der Waals surface area contributed by atoms with Crippen molar-refractivity contribution in [2.45, 2.75) is 13.8 Å². The number of pyridine rings is 1. The van der Waals surface area contributed by atoms with Crippen LogP contribution in [0, 0.1) is 25.2 Å². The number of nitrogens with two attached hydrogens (primary N) is 1. The molecular formula is C11H10ClN5. The molecule has 0 aliphatic heterocycles. The van der Waals surface area contributed by atoms with E-state index in [1.165, 1.54) is 6.20 Å². The van der Waals surface area contributed by atoms with E-state index < -0.39 is 0 Å². The number of rotatable bonds is 1. The maximum absolute atomic E-state index is 8.74. The molecular weight excluding hydrogens is 238 g/mol. The minimum Gasteiger partial charge on any atom is -0.396 e. The lowest BCUT2D eigenvalue weighted by Gasteiger charge is -2.06. The van der Waals surface area contributed by atoms with Gasteiger partial charge in [0.25, 0.3) is 0 Å². The highest BCUT2D eigenvalue weighted by atomic mass is 35.5. The normalized spacial score (nSPS) is 10.2. The third kappa shape index (κ3) is 1.83. The largest absolute Gasteiger partial charge is 0.396 e. The van der Waals surface area contributed by atoms with Crippen LogP contribution in [0.1, 0.15) is 17.0 Å². The number of halogens is 1. The Morgan fingerprint density at radius 1 is 1.47 bits per heavy atom. The molecule has 0 amide bonds. The summed E-state index contributed by atoms with van der Waals surface area (Å²) in [6.45, 7) is 3.65. The van der Waals surface area contributed by atoms with Gasteiger partial charge in [0.1, 0.15) is 6.07 Å². The van der Waals surface area contributed by atoms with Crippen molar-refractivity contribution in [1.29, 1.82) is 5.26 Å². The third-order valence-corrected chi connectivity index (χ3v) is 2.97. The highest BCUT2D eigenvalue weighted by molar-refractivity contribution is 6.31. The van der Waals surface area contributed by atoms with Gasteiger partial charge in [-0.15, -0.1) is 0 Å². The van der Waals surface area contributed by atoms with E-state index in [4.69, 9.17) is 22.6 Å². The number of nitrogens with zero attached hydrogens (tertiary/aromatic N) is 4. The molecule has 2 rings (SSSR count). The maximum atomic E-state index is 8.74. The number of aromatic nitrogens is 3. The molecule has 0 spiro atoms. The van der Waals surface area contributed by atoms with Crippen LogP contribution in [-0.4, -0.2) is 14.8 Å². The first kappa shape index (κ1) is 11.4. The van der Waals surface area contributed by atoms with Gasteiger partial charge in [-0.05, 0) is 19.9 Å². The second-order valence-electron chi connectivity index (χ2n) is 3.65. The Morgan fingerprint density at radius 3 is 2.65 bits per heavy atom. The molecule has 86 valence electrons. The van der Waals surface area contributed by atoms with Crippen molar-refractivity contribution in [3.8, 4) is 11.9 Å². The van der Waals surface area contributed by atoms with Gasteiger partial charge in [0.05, 0.1) is 27.7 Å². The zero-order valence-corrected chi connectivity index (χ0v) is 10.2. The SMILES string of the molecule is Cc1nn(-c2ncc(C#N)cc2N)c(C)c1Cl. The van der Waals surface area contributed by atoms with Crippen molar-refractivity contribution in [2.75, 3.05) is 5.73 Å². The minimum atomic E-state index is 0.395. The zero-order valence-electron chi connectivity index (χ0n) is 9.40. The summed E-state index contributed by atoms with van der Waals surface area (Å²) in [5.74, 6) is 0.483. The highest BCUT2D eigenvalue weighted by Crippen LogP contribution is 2.24. The smallest absolute Gasteiger partial charge is 0.176 e. The van der Waals surface area contributed by atoms with E-state index in [-0.39, 0.29) is 0 Å². The lowest BCUT2D eigenvalue weighted by Crippen LogP contribution is -2.06. The Bertz CT molecular complexity index is 624. The van der Waals surface area contributed by atoms with Gasteiger partial charge in [0, 0.05) is 6.20 Å². The summed E-state index contributed by atoms with van der Waals surface area (Å²) in [7, 11) is 0. The van der Waals surface area contributed by atoms with Crippen molar-refractivity contribution in [2.24, 2.45) is 0 Å². The van der Waals surface area contributed by atoms with Crippen molar-refractivity contribution in [3.05, 3.63) is 34.2 Å². The summed E-state index contributed by atoms with van der Waals surface area (Å²) in [5, 5.41) is 13.6. The van der Waals surface area contributed by atoms with Crippen molar-refractivity contribution >= 4 is 17.3 Å². The van der Waals surface area contributed by atoms with Gasteiger partial charge in [-0.1, -0.05) is 11.6 Å². The highest BCUT2D eigenvalue weighted by Gasteiger charge is 2.13. The average Bonchev–Trinajstić information content (AvgIpc) is 2.57.